The molecule has 1 N–H and O–H groups in total. The Bertz CT molecular complexity index is 314. The topological polar surface area (TPSA) is 41.0 Å². The Balaban J connectivity index is 2.01. The second-order valence-corrected chi connectivity index (χ2v) is 4.43. The van der Waals surface area contributed by atoms with Crippen molar-refractivity contribution in [1.82, 2.24) is 20.2 Å². The summed E-state index contributed by atoms with van der Waals surface area (Å²) in [6.07, 6.45) is 7.90. The van der Waals surface area contributed by atoms with Crippen molar-refractivity contribution in [2.45, 2.75) is 31.8 Å². The normalized spacial score (nSPS) is 24.2. The largest absolute Gasteiger partial charge is 0.316 e. The van der Waals surface area contributed by atoms with Gasteiger partial charge in [0.25, 0.3) is 0 Å². The van der Waals surface area contributed by atoms with Crippen LogP contribution in [0.3, 0.4) is 0 Å². The highest BCUT2D eigenvalue weighted by atomic mass is 15.2. The van der Waals surface area contributed by atoms with Gasteiger partial charge in [0.1, 0.15) is 0 Å². The third-order valence-corrected chi connectivity index (χ3v) is 3.42. The molecule has 0 spiro atoms. The molecule has 1 fully saturated rings. The number of nitrogens with one attached hydrogen (secondary N) is 1. The molecule has 88 valence electrons. The number of rotatable bonds is 3. The molecule has 1 aliphatic rings. The van der Waals surface area contributed by atoms with E-state index >= 15 is 0 Å². The summed E-state index contributed by atoms with van der Waals surface area (Å²) in [7, 11) is 2.04. The van der Waals surface area contributed by atoms with E-state index in [9.17, 15) is 0 Å². The van der Waals surface area contributed by atoms with Crippen LogP contribution in [0, 0.1) is 0 Å². The van der Waals surface area contributed by atoms with Crippen molar-refractivity contribution >= 4 is 0 Å². The molecule has 0 aliphatic carbocycles. The third kappa shape index (κ3) is 2.57. The van der Waals surface area contributed by atoms with E-state index in [1.54, 1.807) is 12.4 Å². The van der Waals surface area contributed by atoms with Crippen LogP contribution in [-0.2, 0) is 0 Å². The van der Waals surface area contributed by atoms with E-state index in [4.69, 9.17) is 0 Å². The summed E-state index contributed by atoms with van der Waals surface area (Å²) in [6.45, 7) is 4.48. The van der Waals surface area contributed by atoms with Crippen LogP contribution in [-0.4, -0.2) is 41.0 Å². The molecule has 0 amide bonds. The van der Waals surface area contributed by atoms with E-state index < -0.39 is 0 Å². The summed E-state index contributed by atoms with van der Waals surface area (Å²) in [4.78, 5) is 11.0. The second kappa shape index (κ2) is 5.37. The fraction of sp³-hybridized carbons (Fsp3) is 0.667. The van der Waals surface area contributed by atoms with Crippen LogP contribution < -0.4 is 5.32 Å². The van der Waals surface area contributed by atoms with Crippen LogP contribution in [0.1, 0.15) is 31.5 Å². The number of likely N-dealkylation sites (N-methyl/N-ethyl adjacent to an activating group) is 1. The van der Waals surface area contributed by atoms with Crippen LogP contribution in [0.15, 0.2) is 18.6 Å². The smallest absolute Gasteiger partial charge is 0.0755 e. The lowest BCUT2D eigenvalue weighted by Crippen LogP contribution is -2.45. The fourth-order valence-electron chi connectivity index (χ4n) is 2.31. The van der Waals surface area contributed by atoms with Crippen LogP contribution >= 0.6 is 0 Å². The summed E-state index contributed by atoms with van der Waals surface area (Å²) in [5.74, 6) is 0. The molecule has 16 heavy (non-hydrogen) atoms. The predicted molar refractivity (Wildman–Crippen MR) is 64.1 cm³/mol. The monoisotopic (exact) mass is 220 g/mol. The molecule has 0 saturated carbocycles. The van der Waals surface area contributed by atoms with Gasteiger partial charge in [-0.15, -0.1) is 0 Å². The highest BCUT2D eigenvalue weighted by molar-refractivity contribution is 5.02. The second-order valence-electron chi connectivity index (χ2n) is 4.43. The van der Waals surface area contributed by atoms with Gasteiger partial charge in [-0.05, 0) is 33.4 Å². The van der Waals surface area contributed by atoms with E-state index in [1.807, 2.05) is 13.2 Å². The zero-order chi connectivity index (χ0) is 11.4. The SMILES string of the molecule is CNC1CCCN(C(C)c2cnccn2)C1. The van der Waals surface area contributed by atoms with Gasteiger partial charge >= 0.3 is 0 Å². The maximum Gasteiger partial charge on any atom is 0.0755 e. The lowest BCUT2D eigenvalue weighted by atomic mass is 10.0. The molecule has 1 saturated heterocycles. The van der Waals surface area contributed by atoms with E-state index in [2.05, 4.69) is 27.1 Å². The maximum atomic E-state index is 4.38. The van der Waals surface area contributed by atoms with Crippen molar-refractivity contribution in [3.8, 4) is 0 Å². The first-order valence-corrected chi connectivity index (χ1v) is 5.98. The number of nitrogens with zero attached hydrogens (tertiary/aromatic N) is 3. The minimum absolute atomic E-state index is 0.366. The first-order chi connectivity index (χ1) is 7.81. The number of hydrogen-bond acceptors (Lipinski definition) is 4. The van der Waals surface area contributed by atoms with Gasteiger partial charge in [-0.2, -0.15) is 0 Å². The van der Waals surface area contributed by atoms with Crippen molar-refractivity contribution in [3.05, 3.63) is 24.3 Å². The molecule has 2 heterocycles. The van der Waals surface area contributed by atoms with E-state index in [1.165, 1.54) is 12.8 Å². The zero-order valence-electron chi connectivity index (χ0n) is 10.1. The molecule has 2 rings (SSSR count). The Labute approximate surface area is 97.1 Å². The number of aromatic nitrogens is 2. The summed E-state index contributed by atoms with van der Waals surface area (Å²) >= 11 is 0. The van der Waals surface area contributed by atoms with Crippen molar-refractivity contribution in [1.29, 1.82) is 0 Å². The van der Waals surface area contributed by atoms with Crippen molar-refractivity contribution in [2.24, 2.45) is 0 Å². The predicted octanol–water partition coefficient (Wildman–Crippen LogP) is 1.22. The van der Waals surface area contributed by atoms with Gasteiger partial charge in [0.05, 0.1) is 11.7 Å². The molecule has 1 aromatic rings. The summed E-state index contributed by atoms with van der Waals surface area (Å²) in [6, 6.07) is 0.984. The third-order valence-electron chi connectivity index (χ3n) is 3.42. The standard InChI is InChI=1S/C12H20N4/c1-10(12-8-14-5-6-15-12)16-7-3-4-11(9-16)13-2/h5-6,8,10-11,13H,3-4,7,9H2,1-2H3. The first kappa shape index (κ1) is 11.5. The number of likely N-dealkylation sites (tertiary alicyclic amines) is 1. The van der Waals surface area contributed by atoms with Crippen molar-refractivity contribution < 1.29 is 0 Å². The molecular weight excluding hydrogens is 200 g/mol. The van der Waals surface area contributed by atoms with Crippen LogP contribution in [0.2, 0.25) is 0 Å². The molecule has 2 atom stereocenters. The van der Waals surface area contributed by atoms with E-state index in [0.717, 1.165) is 18.8 Å². The van der Waals surface area contributed by atoms with E-state index in [-0.39, 0.29) is 0 Å². The Kier molecular flexibility index (Phi) is 3.85. The van der Waals surface area contributed by atoms with Gasteiger partial charge in [0.15, 0.2) is 0 Å². The first-order valence-electron chi connectivity index (χ1n) is 5.98. The molecule has 0 bridgehead atoms. The highest BCUT2D eigenvalue weighted by Crippen LogP contribution is 2.21. The fourth-order valence-corrected chi connectivity index (χ4v) is 2.31. The van der Waals surface area contributed by atoms with Crippen LogP contribution in [0.4, 0.5) is 0 Å². The van der Waals surface area contributed by atoms with Gasteiger partial charge < -0.3 is 5.32 Å². The molecule has 1 aliphatic heterocycles. The molecule has 0 radical (unpaired) electrons. The minimum Gasteiger partial charge on any atom is -0.316 e. The Hall–Kier alpha value is -1.00. The molecule has 4 heteroatoms. The van der Waals surface area contributed by atoms with Crippen molar-refractivity contribution in [2.75, 3.05) is 20.1 Å². The van der Waals surface area contributed by atoms with Gasteiger partial charge in [-0.3, -0.25) is 14.9 Å². The lowest BCUT2D eigenvalue weighted by Gasteiger charge is -2.36. The van der Waals surface area contributed by atoms with Gasteiger partial charge in [-0.25, -0.2) is 0 Å². The Morgan fingerprint density at radius 3 is 3.06 bits per heavy atom. The lowest BCUT2D eigenvalue weighted by molar-refractivity contribution is 0.146. The Morgan fingerprint density at radius 2 is 2.38 bits per heavy atom. The number of hydrogen-bond donors (Lipinski definition) is 1. The summed E-state index contributed by atoms with van der Waals surface area (Å²) < 4.78 is 0. The van der Waals surface area contributed by atoms with Crippen LogP contribution in [0.5, 0.6) is 0 Å². The molecule has 1 aromatic heterocycles. The summed E-state index contributed by atoms with van der Waals surface area (Å²) in [5.41, 5.74) is 1.07. The molecule has 4 nitrogen and oxygen atoms in total. The molecular formula is C12H20N4. The Morgan fingerprint density at radius 1 is 1.50 bits per heavy atom. The minimum atomic E-state index is 0.366. The highest BCUT2D eigenvalue weighted by Gasteiger charge is 2.23. The maximum absolute atomic E-state index is 4.38. The average molecular weight is 220 g/mol. The van der Waals surface area contributed by atoms with E-state index in [0.29, 0.717) is 12.1 Å². The van der Waals surface area contributed by atoms with Crippen LogP contribution in [0.25, 0.3) is 0 Å². The number of piperidine rings is 1. The zero-order valence-corrected chi connectivity index (χ0v) is 10.1. The summed E-state index contributed by atoms with van der Waals surface area (Å²) in [5, 5.41) is 3.36. The van der Waals surface area contributed by atoms with Gasteiger partial charge in [0.2, 0.25) is 0 Å². The van der Waals surface area contributed by atoms with Crippen molar-refractivity contribution in [3.63, 3.8) is 0 Å². The molecule has 0 aromatic carbocycles. The van der Waals surface area contributed by atoms with Gasteiger partial charge in [0, 0.05) is 31.2 Å². The molecule has 2 unspecified atom stereocenters. The quantitative estimate of drug-likeness (QED) is 0.831. The average Bonchev–Trinajstić information content (AvgIpc) is 2.39. The van der Waals surface area contributed by atoms with Gasteiger partial charge in [-0.1, -0.05) is 0 Å².